The molecule has 0 aliphatic carbocycles. The van der Waals surface area contributed by atoms with Crippen LogP contribution in [0.3, 0.4) is 0 Å². The summed E-state index contributed by atoms with van der Waals surface area (Å²) in [7, 11) is 3.32. The number of hydrogen-bond donors (Lipinski definition) is 2. The van der Waals surface area contributed by atoms with Gasteiger partial charge in [0.05, 0.1) is 6.54 Å². The van der Waals surface area contributed by atoms with Gasteiger partial charge in [-0.15, -0.1) is 24.0 Å². The maximum atomic E-state index is 13.2. The molecule has 1 aliphatic heterocycles. The van der Waals surface area contributed by atoms with Crippen molar-refractivity contribution in [3.8, 4) is 0 Å². The molecule has 1 aliphatic rings. The number of fused-ring (bicyclic) bond motifs is 1. The van der Waals surface area contributed by atoms with Crippen LogP contribution in [0.5, 0.6) is 0 Å². The number of aromatic nitrogens is 3. The fourth-order valence-corrected chi connectivity index (χ4v) is 3.14. The first-order valence-corrected chi connectivity index (χ1v) is 8.91. The zero-order chi connectivity index (χ0) is 19.2. The third kappa shape index (κ3) is 6.09. The molecule has 0 saturated heterocycles. The maximum Gasteiger partial charge on any atom is 0.191 e. The van der Waals surface area contributed by atoms with Gasteiger partial charge in [-0.1, -0.05) is 0 Å². The minimum Gasteiger partial charge on any atom is -0.377 e. The predicted octanol–water partition coefficient (Wildman–Crippen LogP) is 2.04. The molecule has 0 amide bonds. The molecule has 0 fully saturated rings. The van der Waals surface area contributed by atoms with Crippen molar-refractivity contribution < 1.29 is 13.5 Å². The number of halogens is 3. The Bertz CT molecular complexity index is 793. The van der Waals surface area contributed by atoms with Crippen LogP contribution in [-0.4, -0.2) is 47.5 Å². The van der Waals surface area contributed by atoms with Crippen molar-refractivity contribution in [2.24, 2.45) is 4.99 Å². The molecule has 0 radical (unpaired) electrons. The second-order valence-corrected chi connectivity index (χ2v) is 6.47. The summed E-state index contributed by atoms with van der Waals surface area (Å²) in [4.78, 5) is 8.68. The van der Waals surface area contributed by atoms with Crippen molar-refractivity contribution in [2.45, 2.75) is 38.5 Å². The number of nitrogens with zero attached hydrogens (tertiary/aromatic N) is 4. The van der Waals surface area contributed by atoms with Crippen molar-refractivity contribution in [3.63, 3.8) is 0 Å². The quantitative estimate of drug-likeness (QED) is 0.357. The van der Waals surface area contributed by atoms with E-state index < -0.39 is 11.6 Å². The second kappa shape index (κ2) is 10.6. The Labute approximate surface area is 180 Å². The van der Waals surface area contributed by atoms with E-state index in [0.717, 1.165) is 24.7 Å². The van der Waals surface area contributed by atoms with Crippen LogP contribution in [-0.2, 0) is 30.7 Å². The SMILES string of the molecule is CN=C(NCCc1cc(F)cc(F)c1)NC1CCc2nc(COC)nn2C1.I. The number of hydrogen-bond acceptors (Lipinski definition) is 4. The van der Waals surface area contributed by atoms with Crippen LogP contribution in [0.25, 0.3) is 0 Å². The van der Waals surface area contributed by atoms with Gasteiger partial charge in [-0.2, -0.15) is 5.10 Å². The highest BCUT2D eigenvalue weighted by Gasteiger charge is 2.22. The van der Waals surface area contributed by atoms with E-state index >= 15 is 0 Å². The van der Waals surface area contributed by atoms with E-state index in [0.29, 0.717) is 43.5 Å². The fraction of sp³-hybridized carbons (Fsp3) is 0.500. The lowest BCUT2D eigenvalue weighted by Gasteiger charge is -2.25. The monoisotopic (exact) mass is 506 g/mol. The van der Waals surface area contributed by atoms with E-state index in [1.807, 2.05) is 4.68 Å². The van der Waals surface area contributed by atoms with Gasteiger partial charge in [-0.05, 0) is 30.5 Å². The molecule has 10 heteroatoms. The number of nitrogens with one attached hydrogen (secondary N) is 2. The van der Waals surface area contributed by atoms with Gasteiger partial charge in [-0.25, -0.2) is 18.4 Å². The molecule has 2 aromatic rings. The standard InChI is InChI=1S/C18H24F2N6O.HI/c1-21-18(22-6-5-12-7-13(19)9-14(20)8-12)23-15-3-4-17-24-16(11-27-2)25-26(17)10-15;/h7-9,15H,3-6,10-11H2,1-2H3,(H2,21,22,23);1H. The molecule has 1 aromatic carbocycles. The number of ether oxygens (including phenoxy) is 1. The molecule has 7 nitrogen and oxygen atoms in total. The van der Waals surface area contributed by atoms with Crippen LogP contribution in [0, 0.1) is 11.6 Å². The zero-order valence-corrected chi connectivity index (χ0v) is 18.2. The molecule has 2 heterocycles. The minimum atomic E-state index is -0.564. The topological polar surface area (TPSA) is 76.4 Å². The van der Waals surface area contributed by atoms with Gasteiger partial charge in [0.2, 0.25) is 0 Å². The fourth-order valence-electron chi connectivity index (χ4n) is 3.14. The summed E-state index contributed by atoms with van der Waals surface area (Å²) in [6.07, 6.45) is 2.24. The van der Waals surface area contributed by atoms with Crippen LogP contribution < -0.4 is 10.6 Å². The third-order valence-corrected chi connectivity index (χ3v) is 4.37. The number of aryl methyl sites for hydroxylation is 1. The van der Waals surface area contributed by atoms with Crippen LogP contribution in [0.4, 0.5) is 8.78 Å². The van der Waals surface area contributed by atoms with Crippen LogP contribution in [0.2, 0.25) is 0 Å². The summed E-state index contributed by atoms with van der Waals surface area (Å²) in [5, 5.41) is 11.0. The van der Waals surface area contributed by atoms with Crippen LogP contribution in [0.1, 0.15) is 23.6 Å². The number of benzene rings is 1. The number of methoxy groups -OCH3 is 1. The number of guanidine groups is 1. The molecule has 1 atom stereocenters. The van der Waals surface area contributed by atoms with Gasteiger partial charge >= 0.3 is 0 Å². The Balaban J connectivity index is 0.00000280. The molecule has 3 rings (SSSR count). The summed E-state index contributed by atoms with van der Waals surface area (Å²) in [6, 6.07) is 3.72. The Morgan fingerprint density at radius 1 is 1.32 bits per heavy atom. The Hall–Kier alpha value is -1.82. The van der Waals surface area contributed by atoms with E-state index in [4.69, 9.17) is 4.74 Å². The van der Waals surface area contributed by atoms with Crippen molar-refractivity contribution in [2.75, 3.05) is 20.7 Å². The van der Waals surface area contributed by atoms with Crippen molar-refractivity contribution in [1.82, 2.24) is 25.4 Å². The summed E-state index contributed by atoms with van der Waals surface area (Å²) in [5.74, 6) is 1.18. The summed E-state index contributed by atoms with van der Waals surface area (Å²) in [5.41, 5.74) is 0.603. The van der Waals surface area contributed by atoms with Crippen molar-refractivity contribution >= 4 is 29.9 Å². The molecule has 0 bridgehead atoms. The molecule has 0 saturated carbocycles. The lowest BCUT2D eigenvalue weighted by Crippen LogP contribution is -2.47. The average Bonchev–Trinajstić information content (AvgIpc) is 3.02. The van der Waals surface area contributed by atoms with E-state index in [9.17, 15) is 8.78 Å². The van der Waals surface area contributed by atoms with Gasteiger partial charge in [-0.3, -0.25) is 4.99 Å². The first-order valence-electron chi connectivity index (χ1n) is 8.91. The van der Waals surface area contributed by atoms with Gasteiger partial charge in [0, 0.05) is 39.2 Å². The Kier molecular flexibility index (Phi) is 8.55. The minimum absolute atomic E-state index is 0. The highest BCUT2D eigenvalue weighted by atomic mass is 127. The molecule has 154 valence electrons. The summed E-state index contributed by atoms with van der Waals surface area (Å²) in [6.45, 7) is 1.62. The van der Waals surface area contributed by atoms with Crippen molar-refractivity contribution in [3.05, 3.63) is 47.0 Å². The lowest BCUT2D eigenvalue weighted by atomic mass is 10.1. The van der Waals surface area contributed by atoms with E-state index in [1.54, 1.807) is 14.2 Å². The maximum absolute atomic E-state index is 13.2. The smallest absolute Gasteiger partial charge is 0.191 e. The van der Waals surface area contributed by atoms with Crippen LogP contribution >= 0.6 is 24.0 Å². The average molecular weight is 506 g/mol. The van der Waals surface area contributed by atoms with Gasteiger partial charge < -0.3 is 15.4 Å². The van der Waals surface area contributed by atoms with Gasteiger partial charge in [0.1, 0.15) is 24.1 Å². The van der Waals surface area contributed by atoms with E-state index in [1.165, 1.54) is 12.1 Å². The summed E-state index contributed by atoms with van der Waals surface area (Å²) >= 11 is 0. The molecule has 0 spiro atoms. The molecular formula is C18H25F2IN6O. The molecule has 2 N–H and O–H groups in total. The van der Waals surface area contributed by atoms with E-state index in [-0.39, 0.29) is 30.0 Å². The van der Waals surface area contributed by atoms with E-state index in [2.05, 4.69) is 25.7 Å². The highest BCUT2D eigenvalue weighted by Crippen LogP contribution is 2.13. The number of rotatable bonds is 6. The molecule has 28 heavy (non-hydrogen) atoms. The first kappa shape index (κ1) is 22.5. The lowest BCUT2D eigenvalue weighted by molar-refractivity contribution is 0.177. The Morgan fingerprint density at radius 3 is 2.75 bits per heavy atom. The molecular weight excluding hydrogens is 481 g/mol. The summed E-state index contributed by atoms with van der Waals surface area (Å²) < 4.78 is 33.5. The number of aliphatic imine (C=N–C) groups is 1. The van der Waals surface area contributed by atoms with Crippen LogP contribution in [0.15, 0.2) is 23.2 Å². The second-order valence-electron chi connectivity index (χ2n) is 6.47. The highest BCUT2D eigenvalue weighted by molar-refractivity contribution is 14.0. The Morgan fingerprint density at radius 2 is 2.07 bits per heavy atom. The first-order chi connectivity index (χ1) is 13.1. The largest absolute Gasteiger partial charge is 0.377 e. The normalized spacial score (nSPS) is 16.3. The van der Waals surface area contributed by atoms with Gasteiger partial charge in [0.15, 0.2) is 11.8 Å². The zero-order valence-electron chi connectivity index (χ0n) is 15.9. The predicted molar refractivity (Wildman–Crippen MR) is 113 cm³/mol. The molecule has 1 unspecified atom stereocenters. The molecule has 1 aromatic heterocycles. The third-order valence-electron chi connectivity index (χ3n) is 4.37. The van der Waals surface area contributed by atoms with Gasteiger partial charge in [0.25, 0.3) is 0 Å². The van der Waals surface area contributed by atoms with Crippen molar-refractivity contribution in [1.29, 1.82) is 0 Å².